The molecule has 0 heterocycles. The number of benzene rings is 1. The smallest absolute Gasteiger partial charge is 0.341 e. The van der Waals surface area contributed by atoms with Crippen molar-refractivity contribution < 1.29 is 19.0 Å². The van der Waals surface area contributed by atoms with E-state index in [0.29, 0.717) is 0 Å². The number of rotatable bonds is 1. The summed E-state index contributed by atoms with van der Waals surface area (Å²) in [6.45, 7) is 0. The Kier molecular flexibility index (Phi) is 2.72. The number of carbonyl (C=O) groups is 1. The summed E-state index contributed by atoms with van der Waals surface area (Å²) >= 11 is 5.38. The van der Waals surface area contributed by atoms with Crippen molar-refractivity contribution in [3.63, 3.8) is 0 Å². The normalized spacial score (nSPS) is 9.77. The monoisotopic (exact) mass is 204 g/mol. The van der Waals surface area contributed by atoms with Crippen LogP contribution in [-0.2, 0) is 4.74 Å². The highest BCUT2D eigenvalue weighted by atomic mass is 35.5. The number of methoxy groups -OCH3 is 1. The minimum absolute atomic E-state index is 0.285. The number of ether oxygens (including phenoxy) is 1. The Morgan fingerprint density at radius 3 is 2.77 bits per heavy atom. The predicted molar refractivity (Wildman–Crippen MR) is 44.4 cm³/mol. The molecular weight excluding hydrogens is 199 g/mol. The van der Waals surface area contributed by atoms with Crippen molar-refractivity contribution in [2.45, 2.75) is 0 Å². The Hall–Kier alpha value is -1.29. The molecule has 1 N–H and O–H groups in total. The molecule has 0 atom stereocenters. The lowest BCUT2D eigenvalue weighted by atomic mass is 10.2. The zero-order valence-corrected chi connectivity index (χ0v) is 7.43. The third-order valence-electron chi connectivity index (χ3n) is 1.42. The molecule has 0 aromatic heterocycles. The molecule has 0 aliphatic rings. The molecule has 0 bridgehead atoms. The van der Waals surface area contributed by atoms with Gasteiger partial charge in [-0.15, -0.1) is 0 Å². The van der Waals surface area contributed by atoms with Gasteiger partial charge in [-0.3, -0.25) is 0 Å². The molecule has 0 saturated carbocycles. The van der Waals surface area contributed by atoms with Crippen molar-refractivity contribution in [2.24, 2.45) is 0 Å². The Balaban J connectivity index is 3.28. The van der Waals surface area contributed by atoms with E-state index >= 15 is 0 Å². The summed E-state index contributed by atoms with van der Waals surface area (Å²) in [5.74, 6) is -2.06. The van der Waals surface area contributed by atoms with E-state index < -0.39 is 11.8 Å². The Morgan fingerprint density at radius 1 is 1.62 bits per heavy atom. The van der Waals surface area contributed by atoms with Gasteiger partial charge in [0, 0.05) is 6.07 Å². The number of hydrogen-bond donors (Lipinski definition) is 1. The van der Waals surface area contributed by atoms with Gasteiger partial charge in [-0.05, 0) is 6.07 Å². The Morgan fingerprint density at radius 2 is 2.23 bits per heavy atom. The first kappa shape index (κ1) is 9.80. The van der Waals surface area contributed by atoms with Crippen LogP contribution in [-0.4, -0.2) is 18.2 Å². The zero-order chi connectivity index (χ0) is 10.0. The molecule has 0 radical (unpaired) electrons. The van der Waals surface area contributed by atoms with Crippen LogP contribution in [0.5, 0.6) is 5.75 Å². The van der Waals surface area contributed by atoms with Gasteiger partial charge in [0.25, 0.3) is 0 Å². The van der Waals surface area contributed by atoms with Gasteiger partial charge in [0.1, 0.15) is 11.3 Å². The SMILES string of the molecule is COC(=O)c1cc(O)cc(Cl)c1F. The molecule has 0 fully saturated rings. The Bertz CT molecular complexity index is 351. The van der Waals surface area contributed by atoms with Crippen LogP contribution < -0.4 is 0 Å². The molecular formula is C8H6ClFO3. The second kappa shape index (κ2) is 3.62. The predicted octanol–water partition coefficient (Wildman–Crippen LogP) is 1.97. The molecule has 0 unspecified atom stereocenters. The summed E-state index contributed by atoms with van der Waals surface area (Å²) < 4.78 is 17.4. The van der Waals surface area contributed by atoms with Gasteiger partial charge >= 0.3 is 5.97 Å². The fraction of sp³-hybridized carbons (Fsp3) is 0.125. The van der Waals surface area contributed by atoms with Crippen LogP contribution in [0.3, 0.4) is 0 Å². The minimum Gasteiger partial charge on any atom is -0.508 e. The van der Waals surface area contributed by atoms with Gasteiger partial charge in [-0.1, -0.05) is 11.6 Å². The van der Waals surface area contributed by atoms with Gasteiger partial charge in [-0.25, -0.2) is 9.18 Å². The molecule has 3 nitrogen and oxygen atoms in total. The lowest BCUT2D eigenvalue weighted by Crippen LogP contribution is -2.04. The molecule has 0 spiro atoms. The largest absolute Gasteiger partial charge is 0.508 e. The fourth-order valence-electron chi connectivity index (χ4n) is 0.833. The van der Waals surface area contributed by atoms with E-state index in [9.17, 15) is 9.18 Å². The molecule has 5 heteroatoms. The van der Waals surface area contributed by atoms with E-state index in [-0.39, 0.29) is 16.3 Å². The summed E-state index contributed by atoms with van der Waals surface area (Å²) in [6.07, 6.45) is 0. The number of carbonyl (C=O) groups excluding carboxylic acids is 1. The minimum atomic E-state index is -0.897. The van der Waals surface area contributed by atoms with Crippen molar-refractivity contribution in [2.75, 3.05) is 7.11 Å². The average molecular weight is 205 g/mol. The summed E-state index contributed by atoms with van der Waals surface area (Å²) in [6, 6.07) is 1.95. The van der Waals surface area contributed by atoms with E-state index in [4.69, 9.17) is 16.7 Å². The Labute approximate surface area is 78.7 Å². The first-order valence-corrected chi connectivity index (χ1v) is 3.70. The number of halogens is 2. The van der Waals surface area contributed by atoms with Crippen molar-refractivity contribution in [3.05, 3.63) is 28.5 Å². The maximum atomic E-state index is 13.1. The topological polar surface area (TPSA) is 46.5 Å². The standard InChI is InChI=1S/C8H6ClFO3/c1-13-8(12)5-2-4(11)3-6(9)7(5)10/h2-3,11H,1H3. The van der Waals surface area contributed by atoms with Gasteiger partial charge in [0.05, 0.1) is 12.1 Å². The highest BCUT2D eigenvalue weighted by Gasteiger charge is 2.16. The summed E-state index contributed by atoms with van der Waals surface area (Å²) in [5, 5.41) is 8.68. The van der Waals surface area contributed by atoms with Crippen molar-refractivity contribution in [1.29, 1.82) is 0 Å². The molecule has 0 saturated heterocycles. The molecule has 70 valence electrons. The number of aromatic hydroxyl groups is 1. The average Bonchev–Trinajstić information content (AvgIpc) is 2.10. The highest BCUT2D eigenvalue weighted by molar-refractivity contribution is 6.31. The molecule has 0 amide bonds. The van der Waals surface area contributed by atoms with E-state index in [1.807, 2.05) is 0 Å². The van der Waals surface area contributed by atoms with Crippen LogP contribution in [0.4, 0.5) is 4.39 Å². The van der Waals surface area contributed by atoms with Crippen LogP contribution in [0.2, 0.25) is 5.02 Å². The van der Waals surface area contributed by atoms with E-state index in [0.717, 1.165) is 19.2 Å². The fourth-order valence-corrected chi connectivity index (χ4v) is 1.05. The second-order valence-corrected chi connectivity index (χ2v) is 2.69. The van der Waals surface area contributed by atoms with Crippen LogP contribution in [0.25, 0.3) is 0 Å². The van der Waals surface area contributed by atoms with Crippen molar-refractivity contribution in [1.82, 2.24) is 0 Å². The molecule has 1 aromatic rings. The number of hydrogen-bond acceptors (Lipinski definition) is 3. The molecule has 0 aliphatic heterocycles. The third-order valence-corrected chi connectivity index (χ3v) is 1.69. The van der Waals surface area contributed by atoms with Crippen LogP contribution in [0.15, 0.2) is 12.1 Å². The van der Waals surface area contributed by atoms with Crippen molar-refractivity contribution in [3.8, 4) is 5.75 Å². The van der Waals surface area contributed by atoms with E-state index in [1.54, 1.807) is 0 Å². The number of phenols is 1. The van der Waals surface area contributed by atoms with E-state index in [2.05, 4.69) is 4.74 Å². The lowest BCUT2D eigenvalue weighted by molar-refractivity contribution is 0.0595. The van der Waals surface area contributed by atoms with Crippen molar-refractivity contribution >= 4 is 17.6 Å². The summed E-state index contributed by atoms with van der Waals surface area (Å²) in [5.41, 5.74) is -0.382. The maximum absolute atomic E-state index is 13.1. The zero-order valence-electron chi connectivity index (χ0n) is 6.67. The van der Waals surface area contributed by atoms with Gasteiger partial charge in [0.15, 0.2) is 5.82 Å². The van der Waals surface area contributed by atoms with E-state index in [1.165, 1.54) is 0 Å². The van der Waals surface area contributed by atoms with Crippen LogP contribution in [0, 0.1) is 5.82 Å². The lowest BCUT2D eigenvalue weighted by Gasteiger charge is -2.03. The quantitative estimate of drug-likeness (QED) is 0.712. The molecule has 13 heavy (non-hydrogen) atoms. The summed E-state index contributed by atoms with van der Waals surface area (Å²) in [4.78, 5) is 10.9. The number of esters is 1. The summed E-state index contributed by atoms with van der Waals surface area (Å²) in [7, 11) is 1.11. The molecule has 0 aliphatic carbocycles. The van der Waals surface area contributed by atoms with Gasteiger partial charge in [-0.2, -0.15) is 0 Å². The highest BCUT2D eigenvalue weighted by Crippen LogP contribution is 2.24. The van der Waals surface area contributed by atoms with Gasteiger partial charge < -0.3 is 9.84 Å². The third kappa shape index (κ3) is 1.89. The first-order valence-electron chi connectivity index (χ1n) is 3.32. The van der Waals surface area contributed by atoms with Gasteiger partial charge in [0.2, 0.25) is 0 Å². The van der Waals surface area contributed by atoms with Crippen LogP contribution in [0.1, 0.15) is 10.4 Å². The number of phenolic OH excluding ortho intramolecular Hbond substituents is 1. The second-order valence-electron chi connectivity index (χ2n) is 2.28. The molecule has 1 rings (SSSR count). The first-order chi connectivity index (χ1) is 6.06. The molecule has 1 aromatic carbocycles. The van der Waals surface area contributed by atoms with Crippen LogP contribution >= 0.6 is 11.6 Å². The maximum Gasteiger partial charge on any atom is 0.341 e.